The van der Waals surface area contributed by atoms with E-state index in [-0.39, 0.29) is 10.8 Å². The van der Waals surface area contributed by atoms with E-state index >= 15 is 0 Å². The molecule has 138 valence electrons. The molecule has 0 aromatic heterocycles. The molecule has 1 aliphatic rings. The van der Waals surface area contributed by atoms with Crippen molar-refractivity contribution in [1.29, 1.82) is 0 Å². The van der Waals surface area contributed by atoms with Gasteiger partial charge in [-0.2, -0.15) is 4.31 Å². The van der Waals surface area contributed by atoms with E-state index in [2.05, 4.69) is 21.2 Å². The number of benzene rings is 2. The van der Waals surface area contributed by atoms with Crippen molar-refractivity contribution in [3.05, 3.63) is 57.5 Å². The van der Waals surface area contributed by atoms with Crippen LogP contribution in [0.15, 0.2) is 51.8 Å². The number of nitrogens with zero attached hydrogens (tertiary/aromatic N) is 1. The van der Waals surface area contributed by atoms with Crippen LogP contribution < -0.4 is 5.32 Å². The van der Waals surface area contributed by atoms with Crippen LogP contribution in [0.3, 0.4) is 0 Å². The lowest BCUT2D eigenvalue weighted by atomic mass is 10.2. The number of anilines is 1. The molecule has 3 rings (SSSR count). The molecular formula is C18H18BrClN2O3S. The third kappa shape index (κ3) is 3.96. The monoisotopic (exact) mass is 456 g/mol. The topological polar surface area (TPSA) is 66.5 Å². The first kappa shape index (κ1) is 19.4. The van der Waals surface area contributed by atoms with Crippen LogP contribution in [-0.4, -0.2) is 31.2 Å². The smallest absolute Gasteiger partial charge is 0.243 e. The lowest BCUT2D eigenvalue weighted by Gasteiger charge is -2.23. The summed E-state index contributed by atoms with van der Waals surface area (Å²) >= 11 is 9.27. The van der Waals surface area contributed by atoms with Crippen molar-refractivity contribution in [3.63, 3.8) is 0 Å². The Morgan fingerprint density at radius 3 is 2.58 bits per heavy atom. The Morgan fingerprint density at radius 2 is 1.92 bits per heavy atom. The number of sulfonamides is 1. The lowest BCUT2D eigenvalue weighted by molar-refractivity contribution is -0.119. The number of halogens is 2. The summed E-state index contributed by atoms with van der Waals surface area (Å²) in [5, 5.41) is 3.32. The van der Waals surface area contributed by atoms with Gasteiger partial charge < -0.3 is 5.32 Å². The van der Waals surface area contributed by atoms with Gasteiger partial charge in [-0.25, -0.2) is 8.42 Å². The molecule has 0 radical (unpaired) electrons. The second-order valence-electron chi connectivity index (χ2n) is 6.20. The average Bonchev–Trinajstić information content (AvgIpc) is 3.09. The normalized spacial score (nSPS) is 18.0. The van der Waals surface area contributed by atoms with Crippen molar-refractivity contribution >= 4 is 49.1 Å². The molecule has 1 aliphatic heterocycles. The third-order valence-electron chi connectivity index (χ3n) is 4.32. The molecule has 2 aromatic rings. The summed E-state index contributed by atoms with van der Waals surface area (Å²) in [6.45, 7) is 2.23. The fraction of sp³-hybridized carbons (Fsp3) is 0.278. The summed E-state index contributed by atoms with van der Waals surface area (Å²) in [5.74, 6) is -0.340. The van der Waals surface area contributed by atoms with Gasteiger partial charge in [-0.1, -0.05) is 29.3 Å². The van der Waals surface area contributed by atoms with Crippen LogP contribution in [0.5, 0.6) is 0 Å². The number of rotatable bonds is 4. The standard InChI is InChI=1S/C18H18BrClN2O3S/c1-12-4-7-14(8-5-12)26(24,25)22-10-2-3-17(22)18(23)21-13-6-9-16(20)15(19)11-13/h4-9,11,17H,2-3,10H2,1H3,(H,21,23)/t17-/m1/s1. The SMILES string of the molecule is Cc1ccc(S(=O)(=O)N2CCC[C@@H]2C(=O)Nc2ccc(Cl)c(Br)c2)cc1. The summed E-state index contributed by atoms with van der Waals surface area (Å²) in [4.78, 5) is 12.9. The molecule has 0 spiro atoms. The van der Waals surface area contributed by atoms with Crippen LogP contribution in [0.4, 0.5) is 5.69 Å². The van der Waals surface area contributed by atoms with Crippen LogP contribution in [0.2, 0.25) is 5.02 Å². The first-order valence-corrected chi connectivity index (χ1v) is 10.7. The van der Waals surface area contributed by atoms with Crippen molar-refractivity contribution < 1.29 is 13.2 Å². The number of nitrogens with one attached hydrogen (secondary N) is 1. The van der Waals surface area contributed by atoms with Crippen molar-refractivity contribution in [2.45, 2.75) is 30.7 Å². The van der Waals surface area contributed by atoms with Crippen molar-refractivity contribution in [3.8, 4) is 0 Å². The van der Waals surface area contributed by atoms with Gasteiger partial charge in [0.2, 0.25) is 15.9 Å². The van der Waals surface area contributed by atoms with Crippen LogP contribution in [0.1, 0.15) is 18.4 Å². The van der Waals surface area contributed by atoms with Crippen molar-refractivity contribution in [1.82, 2.24) is 4.31 Å². The Balaban J connectivity index is 1.81. The first-order valence-electron chi connectivity index (χ1n) is 8.13. The molecule has 0 saturated carbocycles. The Hall–Kier alpha value is -1.41. The van der Waals surface area contributed by atoms with Gasteiger partial charge in [-0.3, -0.25) is 4.79 Å². The maximum absolute atomic E-state index is 12.9. The van der Waals surface area contributed by atoms with Gasteiger partial charge in [0.25, 0.3) is 0 Å². The Labute approximate surface area is 166 Å². The Bertz CT molecular complexity index is 932. The molecular weight excluding hydrogens is 440 g/mol. The van der Waals surface area contributed by atoms with E-state index in [0.717, 1.165) is 5.56 Å². The van der Waals surface area contributed by atoms with Gasteiger partial charge in [0.1, 0.15) is 6.04 Å². The summed E-state index contributed by atoms with van der Waals surface area (Å²) in [6, 6.07) is 11.0. The zero-order valence-electron chi connectivity index (χ0n) is 14.1. The molecule has 1 amide bonds. The Morgan fingerprint density at radius 1 is 1.23 bits per heavy atom. The number of carbonyl (C=O) groups is 1. The van der Waals surface area contributed by atoms with Crippen molar-refractivity contribution in [2.24, 2.45) is 0 Å². The molecule has 8 heteroatoms. The lowest BCUT2D eigenvalue weighted by Crippen LogP contribution is -2.43. The minimum Gasteiger partial charge on any atom is -0.325 e. The number of hydrogen-bond acceptors (Lipinski definition) is 3. The molecule has 0 aliphatic carbocycles. The molecule has 5 nitrogen and oxygen atoms in total. The molecule has 1 N–H and O–H groups in total. The third-order valence-corrected chi connectivity index (χ3v) is 7.46. The zero-order valence-corrected chi connectivity index (χ0v) is 17.2. The fourth-order valence-corrected chi connectivity index (χ4v) is 5.09. The number of carbonyl (C=O) groups excluding carboxylic acids is 1. The van der Waals surface area contributed by atoms with E-state index in [1.54, 1.807) is 42.5 Å². The fourth-order valence-electron chi connectivity index (χ4n) is 2.93. The molecule has 1 atom stereocenters. The largest absolute Gasteiger partial charge is 0.325 e. The summed E-state index contributed by atoms with van der Waals surface area (Å²) in [7, 11) is -3.71. The van der Waals surface area contributed by atoms with E-state index in [0.29, 0.717) is 34.6 Å². The summed E-state index contributed by atoms with van der Waals surface area (Å²) in [5.41, 5.74) is 1.54. The predicted octanol–water partition coefficient (Wildman–Crippen LogP) is 4.20. The molecule has 1 saturated heterocycles. The highest BCUT2D eigenvalue weighted by atomic mass is 79.9. The van der Waals surface area contributed by atoms with Crippen LogP contribution in [0, 0.1) is 6.92 Å². The van der Waals surface area contributed by atoms with Crippen molar-refractivity contribution in [2.75, 3.05) is 11.9 Å². The number of hydrogen-bond donors (Lipinski definition) is 1. The molecule has 1 heterocycles. The minimum absolute atomic E-state index is 0.206. The van der Waals surface area contributed by atoms with Gasteiger partial charge in [0, 0.05) is 16.7 Å². The second-order valence-corrected chi connectivity index (χ2v) is 9.36. The molecule has 26 heavy (non-hydrogen) atoms. The van der Waals surface area contributed by atoms with E-state index in [4.69, 9.17) is 11.6 Å². The first-order chi connectivity index (χ1) is 12.3. The zero-order chi connectivity index (χ0) is 18.9. The number of aryl methyl sites for hydroxylation is 1. The molecule has 0 bridgehead atoms. The molecule has 0 unspecified atom stereocenters. The van der Waals surface area contributed by atoms with Gasteiger partial charge in [0.05, 0.1) is 9.92 Å². The van der Waals surface area contributed by atoms with E-state index < -0.39 is 16.1 Å². The van der Waals surface area contributed by atoms with E-state index in [1.165, 1.54) is 4.31 Å². The predicted molar refractivity (Wildman–Crippen MR) is 106 cm³/mol. The molecule has 2 aromatic carbocycles. The summed E-state index contributed by atoms with van der Waals surface area (Å²) in [6.07, 6.45) is 1.14. The van der Waals surface area contributed by atoms with E-state index in [1.807, 2.05) is 6.92 Å². The maximum atomic E-state index is 12.9. The minimum atomic E-state index is -3.71. The summed E-state index contributed by atoms with van der Waals surface area (Å²) < 4.78 is 27.8. The number of amides is 1. The Kier molecular flexibility index (Phi) is 5.72. The van der Waals surface area contributed by atoms with Gasteiger partial charge in [0.15, 0.2) is 0 Å². The maximum Gasteiger partial charge on any atom is 0.243 e. The van der Waals surface area contributed by atoms with Gasteiger partial charge >= 0.3 is 0 Å². The highest BCUT2D eigenvalue weighted by molar-refractivity contribution is 9.10. The average molecular weight is 458 g/mol. The van der Waals surface area contributed by atoms with Gasteiger partial charge in [-0.15, -0.1) is 0 Å². The van der Waals surface area contributed by atoms with E-state index in [9.17, 15) is 13.2 Å². The second kappa shape index (κ2) is 7.68. The van der Waals surface area contributed by atoms with Gasteiger partial charge in [-0.05, 0) is 66.0 Å². The van der Waals surface area contributed by atoms with Crippen LogP contribution in [-0.2, 0) is 14.8 Å². The molecule has 1 fully saturated rings. The quantitative estimate of drug-likeness (QED) is 0.748. The van der Waals surface area contributed by atoms with Crippen LogP contribution >= 0.6 is 27.5 Å². The highest BCUT2D eigenvalue weighted by Crippen LogP contribution is 2.29. The highest BCUT2D eigenvalue weighted by Gasteiger charge is 2.39. The van der Waals surface area contributed by atoms with Crippen LogP contribution in [0.25, 0.3) is 0 Å².